The van der Waals surface area contributed by atoms with Gasteiger partial charge in [-0.25, -0.2) is 23.2 Å². The molecule has 272 valence electrons. The third-order valence-corrected chi connectivity index (χ3v) is 13.2. The predicted octanol–water partition coefficient (Wildman–Crippen LogP) is 5.73. The molecule has 51 heavy (non-hydrogen) atoms. The summed E-state index contributed by atoms with van der Waals surface area (Å²) in [5.74, 6) is 0.202. The monoisotopic (exact) mass is 735 g/mol. The number of fused-ring (bicyclic) bond motifs is 3. The Morgan fingerprint density at radius 3 is 2.71 bits per heavy atom. The molecule has 3 aromatic rings. The molecule has 1 saturated heterocycles. The molecule has 4 atom stereocenters. The molecule has 3 fully saturated rings. The van der Waals surface area contributed by atoms with E-state index in [9.17, 15) is 22.8 Å². The van der Waals surface area contributed by atoms with Gasteiger partial charge < -0.3 is 19.7 Å². The van der Waals surface area contributed by atoms with Gasteiger partial charge in [0.25, 0.3) is 0 Å². The third-order valence-electron chi connectivity index (χ3n) is 10.5. The largest absolute Gasteiger partial charge is 0.497 e. The van der Waals surface area contributed by atoms with Crippen LogP contribution >= 0.6 is 11.3 Å². The summed E-state index contributed by atoms with van der Waals surface area (Å²) >= 11 is 1.54. The van der Waals surface area contributed by atoms with E-state index in [0.29, 0.717) is 48.7 Å². The second-order valence-electron chi connectivity index (χ2n) is 14.6. The number of Topliss-reactive ketones (excluding diaryl/α,β-unsaturated/α-hetero) is 1. The summed E-state index contributed by atoms with van der Waals surface area (Å²) in [6.45, 7) is 4.84. The van der Waals surface area contributed by atoms with E-state index in [1.807, 2.05) is 35.7 Å². The lowest BCUT2D eigenvalue weighted by Crippen LogP contribution is -2.48. The molecule has 3 amide bonds. The Balaban J connectivity index is 1.15. The Bertz CT molecular complexity index is 1970. The van der Waals surface area contributed by atoms with Crippen molar-refractivity contribution in [3.63, 3.8) is 0 Å². The molecular formula is C37H45N5O7S2. The molecular weight excluding hydrogens is 691 g/mol. The first kappa shape index (κ1) is 35.4. The van der Waals surface area contributed by atoms with Crippen molar-refractivity contribution < 1.29 is 32.3 Å². The van der Waals surface area contributed by atoms with Gasteiger partial charge in [0.1, 0.15) is 22.6 Å². The number of carbonyl (C=O) groups excluding carboxylic acids is 3. The van der Waals surface area contributed by atoms with Crippen molar-refractivity contribution in [1.29, 1.82) is 0 Å². The molecule has 1 unspecified atom stereocenters. The SMILES string of the molecule is COc1cc(O[C@@H]2C[C@H]3C(=O)C[C@]4(C(=O)NS(=O)(=O)C5CC5)CC4/C=C\CCCCCNC(=O)N3C2)c2ccc(-c3nc(C(C)C)cs3)nc2c1. The van der Waals surface area contributed by atoms with Gasteiger partial charge >= 0.3 is 6.03 Å². The summed E-state index contributed by atoms with van der Waals surface area (Å²) < 4.78 is 40.0. The number of thiazole rings is 1. The fraction of sp³-hybridized carbons (Fsp3) is 0.541. The average molecular weight is 736 g/mol. The highest BCUT2D eigenvalue weighted by atomic mass is 32.2. The number of urea groups is 1. The molecule has 2 N–H and O–H groups in total. The van der Waals surface area contributed by atoms with E-state index in [1.54, 1.807) is 24.5 Å². The van der Waals surface area contributed by atoms with Crippen molar-refractivity contribution in [1.82, 2.24) is 24.9 Å². The molecule has 1 aromatic carbocycles. The molecule has 2 aromatic heterocycles. The number of nitrogens with zero attached hydrogens (tertiary/aromatic N) is 3. The van der Waals surface area contributed by atoms with Crippen LogP contribution < -0.4 is 19.5 Å². The molecule has 2 aliphatic carbocycles. The number of hydrogen-bond acceptors (Lipinski definition) is 10. The lowest BCUT2D eigenvalue weighted by Gasteiger charge is -2.25. The van der Waals surface area contributed by atoms with Crippen molar-refractivity contribution >= 4 is 50.0 Å². The zero-order valence-corrected chi connectivity index (χ0v) is 30.9. The maximum Gasteiger partial charge on any atom is 0.318 e. The Hall–Kier alpha value is -4.04. The smallest absolute Gasteiger partial charge is 0.318 e. The fourth-order valence-electron chi connectivity index (χ4n) is 7.15. The number of carbonyl (C=O) groups is 3. The van der Waals surface area contributed by atoms with Crippen LogP contribution in [0.4, 0.5) is 4.79 Å². The van der Waals surface area contributed by atoms with Crippen LogP contribution in [0.3, 0.4) is 0 Å². The summed E-state index contributed by atoms with van der Waals surface area (Å²) in [7, 11) is -2.22. The van der Waals surface area contributed by atoms with Crippen molar-refractivity contribution in [2.75, 3.05) is 20.2 Å². The summed E-state index contributed by atoms with van der Waals surface area (Å²) in [6.07, 6.45) is 8.36. The molecule has 14 heteroatoms. The number of allylic oxidation sites excluding steroid dienone is 2. The predicted molar refractivity (Wildman–Crippen MR) is 194 cm³/mol. The van der Waals surface area contributed by atoms with Crippen LogP contribution in [0.1, 0.15) is 83.2 Å². The van der Waals surface area contributed by atoms with Gasteiger partial charge in [-0.2, -0.15) is 0 Å². The molecule has 4 aliphatic rings. The number of pyridine rings is 1. The highest BCUT2D eigenvalue weighted by Gasteiger charge is 2.61. The molecule has 0 bridgehead atoms. The van der Waals surface area contributed by atoms with Crippen LogP contribution in [0.25, 0.3) is 21.6 Å². The van der Waals surface area contributed by atoms with Gasteiger partial charge in [-0.05, 0) is 62.5 Å². The third kappa shape index (κ3) is 7.48. The van der Waals surface area contributed by atoms with Crippen molar-refractivity contribution in [2.24, 2.45) is 11.3 Å². The molecule has 0 radical (unpaired) electrons. The first-order valence-electron chi connectivity index (χ1n) is 17.9. The molecule has 4 heterocycles. The van der Waals surface area contributed by atoms with E-state index in [4.69, 9.17) is 19.4 Å². The lowest BCUT2D eigenvalue weighted by molar-refractivity contribution is -0.131. The number of rotatable bonds is 8. The lowest BCUT2D eigenvalue weighted by atomic mass is 9.91. The van der Waals surface area contributed by atoms with E-state index in [0.717, 1.165) is 47.5 Å². The van der Waals surface area contributed by atoms with Gasteiger partial charge in [0.15, 0.2) is 5.78 Å². The van der Waals surface area contributed by atoms with Crippen LogP contribution in [0.15, 0.2) is 41.8 Å². The van der Waals surface area contributed by atoms with E-state index in [-0.39, 0.29) is 37.1 Å². The first-order chi connectivity index (χ1) is 24.5. The number of nitrogens with one attached hydrogen (secondary N) is 2. The van der Waals surface area contributed by atoms with E-state index in [2.05, 4.69) is 23.9 Å². The summed E-state index contributed by atoms with van der Waals surface area (Å²) in [5.41, 5.74) is 1.24. The van der Waals surface area contributed by atoms with Crippen LogP contribution in [0, 0.1) is 11.3 Å². The van der Waals surface area contributed by atoms with Gasteiger partial charge in [-0.15, -0.1) is 11.3 Å². The Kier molecular flexibility index (Phi) is 9.83. The summed E-state index contributed by atoms with van der Waals surface area (Å²) in [5, 5.41) is 6.04. The number of benzene rings is 1. The highest BCUT2D eigenvalue weighted by molar-refractivity contribution is 7.90. The first-order valence-corrected chi connectivity index (χ1v) is 20.3. The minimum Gasteiger partial charge on any atom is -0.497 e. The van der Waals surface area contributed by atoms with Gasteiger partial charge in [0.2, 0.25) is 15.9 Å². The van der Waals surface area contributed by atoms with Crippen LogP contribution in [0.5, 0.6) is 11.5 Å². The number of methoxy groups -OCH3 is 1. The van der Waals surface area contributed by atoms with E-state index < -0.39 is 38.7 Å². The van der Waals surface area contributed by atoms with Crippen molar-refractivity contribution in [3.05, 3.63) is 47.5 Å². The van der Waals surface area contributed by atoms with Crippen LogP contribution in [0.2, 0.25) is 0 Å². The number of hydrogen-bond donors (Lipinski definition) is 2. The number of ketones is 1. The number of amides is 3. The highest BCUT2D eigenvalue weighted by Crippen LogP contribution is 2.57. The van der Waals surface area contributed by atoms with Gasteiger partial charge in [-0.3, -0.25) is 14.3 Å². The van der Waals surface area contributed by atoms with Gasteiger partial charge in [0.05, 0.1) is 47.3 Å². The Labute approximate surface area is 302 Å². The summed E-state index contributed by atoms with van der Waals surface area (Å²) in [6, 6.07) is 6.26. The number of sulfonamides is 1. The maximum absolute atomic E-state index is 14.2. The quantitative estimate of drug-likeness (QED) is 0.276. The van der Waals surface area contributed by atoms with Crippen LogP contribution in [-0.4, -0.2) is 78.6 Å². The molecule has 7 rings (SSSR count). The minimum absolute atomic E-state index is 0.155. The molecule has 2 aliphatic heterocycles. The fourth-order valence-corrected chi connectivity index (χ4v) is 9.48. The topological polar surface area (TPSA) is 157 Å². The average Bonchev–Trinajstić information content (AvgIpc) is 3.97. The van der Waals surface area contributed by atoms with Crippen molar-refractivity contribution in [3.8, 4) is 22.2 Å². The zero-order valence-electron chi connectivity index (χ0n) is 29.2. The molecule has 2 saturated carbocycles. The normalized spacial score (nSPS) is 26.4. The second-order valence-corrected chi connectivity index (χ2v) is 17.4. The molecule has 12 nitrogen and oxygen atoms in total. The summed E-state index contributed by atoms with van der Waals surface area (Å²) in [4.78, 5) is 52.6. The molecule has 0 spiro atoms. The van der Waals surface area contributed by atoms with E-state index >= 15 is 0 Å². The Morgan fingerprint density at radius 1 is 1.14 bits per heavy atom. The Morgan fingerprint density at radius 2 is 1.96 bits per heavy atom. The minimum atomic E-state index is -3.79. The zero-order chi connectivity index (χ0) is 35.9. The maximum atomic E-state index is 14.2. The van der Waals surface area contributed by atoms with Gasteiger partial charge in [-0.1, -0.05) is 32.4 Å². The number of ether oxygens (including phenoxy) is 2. The van der Waals surface area contributed by atoms with Gasteiger partial charge in [0, 0.05) is 42.3 Å². The van der Waals surface area contributed by atoms with Crippen LogP contribution in [-0.2, 0) is 19.6 Å². The van der Waals surface area contributed by atoms with E-state index in [1.165, 1.54) is 4.90 Å². The number of aromatic nitrogens is 2. The standard InChI is InChI=1S/C37H45N5O7S2/c1-22(2)30-21-50-34(40-30)28-13-12-27-29(39-28)15-24(48-3)17-33(27)49-25-16-31-32(43)19-37(35(44)41-51(46,47)26-10-11-26)18-23(37)9-7-5-4-6-8-14-38-36(45)42(31)20-25/h7,9,12-13,15,17,21-23,25-26,31H,4-6,8,10-11,14,16,18-20H2,1-3H3,(H,38,45)(H,41,44)/b9-7-/t23?,25-,31+,37-/m1/s1. The van der Waals surface area contributed by atoms with Crippen molar-refractivity contribution in [2.45, 2.75) is 94.9 Å². The second kappa shape index (κ2) is 14.2.